The van der Waals surface area contributed by atoms with Crippen molar-refractivity contribution in [2.75, 3.05) is 6.61 Å². The SMILES string of the molecule is NC(=O)c1cc(C2CCC(CCO)O2)on1. The molecule has 1 aromatic heterocycles. The highest BCUT2D eigenvalue weighted by Crippen LogP contribution is 2.33. The van der Waals surface area contributed by atoms with E-state index in [-0.39, 0.29) is 24.5 Å². The van der Waals surface area contributed by atoms with Gasteiger partial charge in [-0.1, -0.05) is 5.16 Å². The molecule has 0 bridgehead atoms. The fourth-order valence-electron chi connectivity index (χ4n) is 1.83. The molecule has 88 valence electrons. The number of aliphatic hydroxyl groups excluding tert-OH is 1. The third-order valence-corrected chi connectivity index (χ3v) is 2.66. The van der Waals surface area contributed by atoms with Gasteiger partial charge in [-0.25, -0.2) is 0 Å². The zero-order valence-corrected chi connectivity index (χ0v) is 8.76. The minimum atomic E-state index is -0.611. The van der Waals surface area contributed by atoms with Crippen molar-refractivity contribution < 1.29 is 19.2 Å². The Balaban J connectivity index is 2.00. The van der Waals surface area contributed by atoms with Crippen molar-refractivity contribution in [3.8, 4) is 0 Å². The maximum absolute atomic E-state index is 10.8. The highest BCUT2D eigenvalue weighted by Gasteiger charge is 2.29. The molecular formula is C10H14N2O4. The molecule has 6 nitrogen and oxygen atoms in total. The number of rotatable bonds is 4. The van der Waals surface area contributed by atoms with Crippen LogP contribution in [0.25, 0.3) is 0 Å². The van der Waals surface area contributed by atoms with Crippen molar-refractivity contribution in [2.45, 2.75) is 31.5 Å². The average Bonchev–Trinajstić information content (AvgIpc) is 2.84. The second-order valence-electron chi connectivity index (χ2n) is 3.82. The molecular weight excluding hydrogens is 212 g/mol. The van der Waals surface area contributed by atoms with E-state index < -0.39 is 5.91 Å². The third-order valence-electron chi connectivity index (χ3n) is 2.66. The van der Waals surface area contributed by atoms with Crippen LogP contribution in [0, 0.1) is 0 Å². The van der Waals surface area contributed by atoms with E-state index in [4.69, 9.17) is 20.1 Å². The predicted octanol–water partition coefficient (Wildman–Crippen LogP) is 0.376. The van der Waals surface area contributed by atoms with Crippen molar-refractivity contribution in [2.24, 2.45) is 5.73 Å². The molecule has 6 heteroatoms. The predicted molar refractivity (Wildman–Crippen MR) is 53.6 cm³/mol. The lowest BCUT2D eigenvalue weighted by Gasteiger charge is -2.09. The van der Waals surface area contributed by atoms with E-state index in [1.54, 1.807) is 0 Å². The Labute approximate surface area is 92.4 Å². The molecule has 0 radical (unpaired) electrons. The van der Waals surface area contributed by atoms with E-state index >= 15 is 0 Å². The fraction of sp³-hybridized carbons (Fsp3) is 0.600. The zero-order valence-electron chi connectivity index (χ0n) is 8.76. The Bertz CT molecular complexity index is 377. The standard InChI is InChI=1S/C10H14N2O4/c11-10(14)7-5-9(16-12-7)8-2-1-6(15-8)3-4-13/h5-6,8,13H,1-4H2,(H2,11,14). The van der Waals surface area contributed by atoms with Crippen LogP contribution in [0.15, 0.2) is 10.6 Å². The maximum atomic E-state index is 10.8. The van der Waals surface area contributed by atoms with Crippen LogP contribution >= 0.6 is 0 Å². The number of carbonyl (C=O) groups is 1. The molecule has 2 heterocycles. The van der Waals surface area contributed by atoms with Crippen LogP contribution in [-0.2, 0) is 4.74 Å². The lowest BCUT2D eigenvalue weighted by Crippen LogP contribution is -2.11. The van der Waals surface area contributed by atoms with Crippen molar-refractivity contribution >= 4 is 5.91 Å². The Kier molecular flexibility index (Phi) is 3.21. The van der Waals surface area contributed by atoms with Gasteiger partial charge in [0.2, 0.25) is 0 Å². The first-order valence-electron chi connectivity index (χ1n) is 5.23. The van der Waals surface area contributed by atoms with Gasteiger partial charge in [-0.05, 0) is 19.3 Å². The Morgan fingerprint density at radius 1 is 1.62 bits per heavy atom. The van der Waals surface area contributed by atoms with Crippen LogP contribution in [0.1, 0.15) is 41.6 Å². The van der Waals surface area contributed by atoms with Crippen molar-refractivity contribution in [1.29, 1.82) is 0 Å². The topological polar surface area (TPSA) is 98.6 Å². The lowest BCUT2D eigenvalue weighted by molar-refractivity contribution is 0.0170. The zero-order chi connectivity index (χ0) is 11.5. The summed E-state index contributed by atoms with van der Waals surface area (Å²) in [6.07, 6.45) is 2.16. The van der Waals surface area contributed by atoms with E-state index in [0.29, 0.717) is 12.2 Å². The number of carbonyl (C=O) groups excluding carboxylic acids is 1. The Hall–Kier alpha value is -1.40. The van der Waals surface area contributed by atoms with Crippen LogP contribution in [-0.4, -0.2) is 28.9 Å². The normalized spacial score (nSPS) is 24.8. The smallest absolute Gasteiger partial charge is 0.270 e. The van der Waals surface area contributed by atoms with Gasteiger partial charge in [-0.3, -0.25) is 4.79 Å². The molecule has 1 saturated heterocycles. The molecule has 2 unspecified atom stereocenters. The van der Waals surface area contributed by atoms with Gasteiger partial charge in [-0.2, -0.15) is 0 Å². The third kappa shape index (κ3) is 2.23. The highest BCUT2D eigenvalue weighted by molar-refractivity contribution is 5.90. The number of nitrogens with two attached hydrogens (primary N) is 1. The molecule has 0 saturated carbocycles. The van der Waals surface area contributed by atoms with Crippen molar-refractivity contribution in [3.63, 3.8) is 0 Å². The summed E-state index contributed by atoms with van der Waals surface area (Å²) in [7, 11) is 0. The first-order valence-corrected chi connectivity index (χ1v) is 5.23. The summed E-state index contributed by atoms with van der Waals surface area (Å²) in [6.45, 7) is 0.111. The molecule has 1 aromatic rings. The van der Waals surface area contributed by atoms with Crippen LogP contribution in [0.4, 0.5) is 0 Å². The maximum Gasteiger partial charge on any atom is 0.270 e. The summed E-state index contributed by atoms with van der Waals surface area (Å²) in [4.78, 5) is 10.8. The molecule has 3 N–H and O–H groups in total. The number of aromatic nitrogens is 1. The molecule has 2 atom stereocenters. The van der Waals surface area contributed by atoms with Crippen molar-refractivity contribution in [3.05, 3.63) is 17.5 Å². The minimum Gasteiger partial charge on any atom is -0.396 e. The summed E-state index contributed by atoms with van der Waals surface area (Å²) >= 11 is 0. The largest absolute Gasteiger partial charge is 0.396 e. The van der Waals surface area contributed by atoms with Gasteiger partial charge in [-0.15, -0.1) is 0 Å². The van der Waals surface area contributed by atoms with Crippen LogP contribution in [0.3, 0.4) is 0 Å². The monoisotopic (exact) mass is 226 g/mol. The van der Waals surface area contributed by atoms with Gasteiger partial charge in [0.1, 0.15) is 6.10 Å². The van der Waals surface area contributed by atoms with E-state index in [1.165, 1.54) is 6.07 Å². The second-order valence-corrected chi connectivity index (χ2v) is 3.82. The van der Waals surface area contributed by atoms with Gasteiger partial charge in [0.05, 0.1) is 6.10 Å². The number of hydrogen-bond acceptors (Lipinski definition) is 5. The van der Waals surface area contributed by atoms with E-state index in [0.717, 1.165) is 12.8 Å². The van der Waals surface area contributed by atoms with Gasteiger partial charge in [0.25, 0.3) is 5.91 Å². The molecule has 0 spiro atoms. The second kappa shape index (κ2) is 4.63. The van der Waals surface area contributed by atoms with Crippen LogP contribution in [0.2, 0.25) is 0 Å². The number of hydrogen-bond donors (Lipinski definition) is 2. The van der Waals surface area contributed by atoms with E-state index in [1.807, 2.05) is 0 Å². The molecule has 2 rings (SSSR count). The fourth-order valence-corrected chi connectivity index (χ4v) is 1.83. The van der Waals surface area contributed by atoms with E-state index in [2.05, 4.69) is 5.16 Å². The summed E-state index contributed by atoms with van der Waals surface area (Å²) in [5, 5.41) is 12.3. The molecule has 0 aliphatic carbocycles. The van der Waals surface area contributed by atoms with Gasteiger partial charge >= 0.3 is 0 Å². The number of primary amides is 1. The summed E-state index contributed by atoms with van der Waals surface area (Å²) < 4.78 is 10.6. The average molecular weight is 226 g/mol. The highest BCUT2D eigenvalue weighted by atomic mass is 16.5. The summed E-state index contributed by atoms with van der Waals surface area (Å²) in [5.41, 5.74) is 5.18. The number of amides is 1. The Morgan fingerprint density at radius 3 is 3.06 bits per heavy atom. The molecule has 1 aliphatic heterocycles. The molecule has 1 fully saturated rings. The van der Waals surface area contributed by atoms with Crippen LogP contribution in [0.5, 0.6) is 0 Å². The first-order chi connectivity index (χ1) is 7.70. The summed E-state index contributed by atoms with van der Waals surface area (Å²) in [6, 6.07) is 1.51. The Morgan fingerprint density at radius 2 is 2.44 bits per heavy atom. The quantitative estimate of drug-likeness (QED) is 0.773. The van der Waals surface area contributed by atoms with Gasteiger partial charge in [0.15, 0.2) is 11.5 Å². The molecule has 0 aromatic carbocycles. The minimum absolute atomic E-state index is 0.0529. The molecule has 1 aliphatic rings. The van der Waals surface area contributed by atoms with Crippen LogP contribution < -0.4 is 5.73 Å². The van der Waals surface area contributed by atoms with Gasteiger partial charge in [0, 0.05) is 12.7 Å². The molecule has 1 amide bonds. The first kappa shape index (κ1) is 11.1. The van der Waals surface area contributed by atoms with Crippen molar-refractivity contribution in [1.82, 2.24) is 5.16 Å². The van der Waals surface area contributed by atoms with Gasteiger partial charge < -0.3 is 20.1 Å². The molecule has 16 heavy (non-hydrogen) atoms. The number of nitrogens with zero attached hydrogens (tertiary/aromatic N) is 1. The number of aliphatic hydroxyl groups is 1. The number of ether oxygens (including phenoxy) is 1. The van der Waals surface area contributed by atoms with E-state index in [9.17, 15) is 4.79 Å². The summed E-state index contributed by atoms with van der Waals surface area (Å²) in [5.74, 6) is -0.0888. The lowest BCUT2D eigenvalue weighted by atomic mass is 10.1.